The summed E-state index contributed by atoms with van der Waals surface area (Å²) in [5, 5.41) is 9.21. The second-order valence-corrected chi connectivity index (χ2v) is 7.58. The highest BCUT2D eigenvalue weighted by atomic mass is 19.1. The van der Waals surface area contributed by atoms with E-state index in [4.69, 9.17) is 14.7 Å². The molecule has 1 N–H and O–H groups in total. The van der Waals surface area contributed by atoms with Gasteiger partial charge in [-0.1, -0.05) is 18.2 Å². The van der Waals surface area contributed by atoms with Crippen molar-refractivity contribution in [3.8, 4) is 0 Å². The molecule has 0 spiro atoms. The third-order valence-electron chi connectivity index (χ3n) is 5.57. The highest BCUT2D eigenvalue weighted by molar-refractivity contribution is 5.85. The lowest BCUT2D eigenvalue weighted by Gasteiger charge is -2.26. The molecule has 0 bridgehead atoms. The zero-order valence-corrected chi connectivity index (χ0v) is 17.1. The number of aliphatic hydroxyl groups is 1. The summed E-state index contributed by atoms with van der Waals surface area (Å²) >= 11 is 0. The molecular formula is C24H26FN3O2. The van der Waals surface area contributed by atoms with E-state index in [0.29, 0.717) is 30.7 Å². The Labute approximate surface area is 176 Å². The molecule has 1 aromatic heterocycles. The van der Waals surface area contributed by atoms with Crippen LogP contribution in [0, 0.1) is 5.82 Å². The van der Waals surface area contributed by atoms with Crippen LogP contribution in [0.4, 0.5) is 4.39 Å². The van der Waals surface area contributed by atoms with Crippen molar-refractivity contribution < 1.29 is 14.2 Å². The second-order valence-electron chi connectivity index (χ2n) is 7.58. The van der Waals surface area contributed by atoms with Crippen LogP contribution in [-0.2, 0) is 11.2 Å². The monoisotopic (exact) mass is 407 g/mol. The van der Waals surface area contributed by atoms with E-state index in [-0.39, 0.29) is 18.5 Å². The van der Waals surface area contributed by atoms with Gasteiger partial charge >= 0.3 is 0 Å². The Morgan fingerprint density at radius 1 is 1.17 bits per heavy atom. The van der Waals surface area contributed by atoms with Crippen molar-refractivity contribution in [1.82, 2.24) is 9.97 Å². The molecule has 0 amide bonds. The highest BCUT2D eigenvalue weighted by Crippen LogP contribution is 2.40. The third-order valence-corrected chi connectivity index (χ3v) is 5.57. The van der Waals surface area contributed by atoms with Crippen molar-refractivity contribution in [2.24, 2.45) is 4.99 Å². The van der Waals surface area contributed by atoms with Crippen LogP contribution in [0.15, 0.2) is 35.5 Å². The van der Waals surface area contributed by atoms with E-state index in [1.807, 2.05) is 24.6 Å². The van der Waals surface area contributed by atoms with Gasteiger partial charge in [0.1, 0.15) is 11.9 Å². The van der Waals surface area contributed by atoms with E-state index < -0.39 is 0 Å². The summed E-state index contributed by atoms with van der Waals surface area (Å²) in [4.78, 5) is 14.0. The van der Waals surface area contributed by atoms with Crippen LogP contribution in [0.25, 0.3) is 17.2 Å². The number of aliphatic hydroxyl groups excluding tert-OH is 1. The fourth-order valence-electron chi connectivity index (χ4n) is 3.98. The van der Waals surface area contributed by atoms with Gasteiger partial charge in [-0.3, -0.25) is 4.99 Å². The zero-order valence-electron chi connectivity index (χ0n) is 17.1. The van der Waals surface area contributed by atoms with Gasteiger partial charge in [-0.15, -0.1) is 0 Å². The highest BCUT2D eigenvalue weighted by Gasteiger charge is 2.28. The predicted octanol–water partition coefficient (Wildman–Crippen LogP) is 4.77. The van der Waals surface area contributed by atoms with Crippen molar-refractivity contribution >= 4 is 23.4 Å². The van der Waals surface area contributed by atoms with Crippen molar-refractivity contribution in [2.75, 3.05) is 13.7 Å². The smallest absolute Gasteiger partial charge is 0.157 e. The summed E-state index contributed by atoms with van der Waals surface area (Å²) < 4.78 is 20.3. The number of unbranched alkanes of at least 4 members (excludes halogenated alkanes) is 1. The van der Waals surface area contributed by atoms with E-state index >= 15 is 0 Å². The van der Waals surface area contributed by atoms with Gasteiger partial charge in [0.15, 0.2) is 5.82 Å². The molecule has 0 radical (unpaired) electrons. The number of nitrogens with zero attached hydrogens (tertiary/aromatic N) is 3. The standard InChI is InChI=1S/C24H26FN3O2/c1-30-22-14-17(18-8-2-3-9-20(18)25)13-19-21(10-4-5-12-29)27-24(28-23(19)22)16-7-6-11-26-15-16/h2-3,8-9,11,13,15,22,29H,4-7,10,12,14H2,1H3. The third kappa shape index (κ3) is 4.25. The summed E-state index contributed by atoms with van der Waals surface area (Å²) in [5.41, 5.74) is 5.15. The number of rotatable bonds is 7. The van der Waals surface area contributed by atoms with E-state index in [1.165, 1.54) is 6.07 Å². The zero-order chi connectivity index (χ0) is 20.9. The number of benzene rings is 1. The van der Waals surface area contributed by atoms with Crippen molar-refractivity contribution in [3.63, 3.8) is 0 Å². The van der Waals surface area contributed by atoms with Crippen LogP contribution < -0.4 is 0 Å². The van der Waals surface area contributed by atoms with Crippen molar-refractivity contribution in [2.45, 2.75) is 44.6 Å². The molecule has 1 aliphatic heterocycles. The molecular weight excluding hydrogens is 381 g/mol. The quantitative estimate of drug-likeness (QED) is 0.672. The first-order valence-electron chi connectivity index (χ1n) is 10.4. The van der Waals surface area contributed by atoms with Gasteiger partial charge in [0.2, 0.25) is 0 Å². The Morgan fingerprint density at radius 3 is 2.77 bits per heavy atom. The summed E-state index contributed by atoms with van der Waals surface area (Å²) in [7, 11) is 1.66. The largest absolute Gasteiger partial charge is 0.396 e. The maximum atomic E-state index is 14.5. The average Bonchev–Trinajstić information content (AvgIpc) is 2.79. The van der Waals surface area contributed by atoms with Crippen molar-refractivity contribution in [1.29, 1.82) is 0 Å². The minimum atomic E-state index is -0.273. The molecule has 6 heteroatoms. The molecule has 0 saturated carbocycles. The van der Waals surface area contributed by atoms with Gasteiger partial charge in [-0.05, 0) is 49.8 Å². The van der Waals surface area contributed by atoms with E-state index in [1.54, 1.807) is 19.2 Å². The van der Waals surface area contributed by atoms with Crippen LogP contribution in [0.5, 0.6) is 0 Å². The fraction of sp³-hybridized carbons (Fsp3) is 0.375. The topological polar surface area (TPSA) is 67.6 Å². The molecule has 2 heterocycles. The molecule has 1 aliphatic carbocycles. The Morgan fingerprint density at radius 2 is 2.03 bits per heavy atom. The lowest BCUT2D eigenvalue weighted by Crippen LogP contribution is -2.17. The van der Waals surface area contributed by atoms with E-state index in [0.717, 1.165) is 47.4 Å². The molecule has 0 fully saturated rings. The summed E-state index contributed by atoms with van der Waals surface area (Å²) in [6, 6.07) is 6.81. The van der Waals surface area contributed by atoms with Gasteiger partial charge in [-0.2, -0.15) is 0 Å². The number of hydrogen-bond acceptors (Lipinski definition) is 5. The number of aryl methyl sites for hydroxylation is 1. The number of aliphatic imine (C=N–C) groups is 1. The number of aromatic nitrogens is 2. The molecule has 1 unspecified atom stereocenters. The Hall–Kier alpha value is -2.70. The number of methoxy groups -OCH3 is 1. The molecule has 30 heavy (non-hydrogen) atoms. The maximum absolute atomic E-state index is 14.5. The first-order valence-corrected chi connectivity index (χ1v) is 10.4. The first-order chi connectivity index (χ1) is 14.7. The van der Waals surface area contributed by atoms with Crippen LogP contribution in [0.3, 0.4) is 0 Å². The first kappa shape index (κ1) is 20.6. The molecule has 0 saturated heterocycles. The summed E-state index contributed by atoms with van der Waals surface area (Å²) in [5.74, 6) is 0.445. The Balaban J connectivity index is 1.83. The minimum Gasteiger partial charge on any atom is -0.396 e. The lowest BCUT2D eigenvalue weighted by atomic mass is 9.87. The van der Waals surface area contributed by atoms with Gasteiger partial charge in [0, 0.05) is 49.3 Å². The number of fused-ring (bicyclic) bond motifs is 1. The molecule has 4 rings (SSSR count). The normalized spacial score (nSPS) is 18.0. The van der Waals surface area contributed by atoms with E-state index in [9.17, 15) is 9.50 Å². The number of allylic oxidation sites excluding steroid dienone is 1. The van der Waals surface area contributed by atoms with Crippen LogP contribution >= 0.6 is 0 Å². The molecule has 2 aliphatic rings. The number of halogens is 1. The lowest BCUT2D eigenvalue weighted by molar-refractivity contribution is 0.103. The number of hydrogen-bond donors (Lipinski definition) is 1. The van der Waals surface area contributed by atoms with Crippen LogP contribution in [0.1, 0.15) is 66.5 Å². The Kier molecular flexibility index (Phi) is 6.45. The van der Waals surface area contributed by atoms with Gasteiger partial charge in [-0.25, -0.2) is 14.4 Å². The molecule has 2 aromatic rings. The Bertz CT molecular complexity index is 1010. The van der Waals surface area contributed by atoms with E-state index in [2.05, 4.69) is 4.99 Å². The van der Waals surface area contributed by atoms with Gasteiger partial charge in [0.25, 0.3) is 0 Å². The SMILES string of the molecule is COC1CC(c2ccccc2F)=Cc2c(CCCCO)nc(C3=CN=CCC3)nc21. The average molecular weight is 407 g/mol. The maximum Gasteiger partial charge on any atom is 0.157 e. The summed E-state index contributed by atoms with van der Waals surface area (Å²) in [6.45, 7) is 0.150. The fourth-order valence-corrected chi connectivity index (χ4v) is 3.98. The molecule has 1 aromatic carbocycles. The predicted molar refractivity (Wildman–Crippen MR) is 116 cm³/mol. The van der Waals surface area contributed by atoms with Crippen LogP contribution in [-0.4, -0.2) is 35.0 Å². The molecule has 5 nitrogen and oxygen atoms in total. The molecule has 156 valence electrons. The van der Waals surface area contributed by atoms with Gasteiger partial charge in [0.05, 0.1) is 11.4 Å². The minimum absolute atomic E-state index is 0.150. The summed E-state index contributed by atoms with van der Waals surface area (Å²) in [6.07, 6.45) is 9.97. The van der Waals surface area contributed by atoms with Crippen molar-refractivity contribution in [3.05, 3.63) is 64.6 Å². The van der Waals surface area contributed by atoms with Gasteiger partial charge < -0.3 is 9.84 Å². The second kappa shape index (κ2) is 9.41. The molecule has 1 atom stereocenters. The van der Waals surface area contributed by atoms with Crippen LogP contribution in [0.2, 0.25) is 0 Å². The number of ether oxygens (including phenoxy) is 1.